The first-order chi connectivity index (χ1) is 31.2. The van der Waals surface area contributed by atoms with Gasteiger partial charge in [0.25, 0.3) is 0 Å². The zero-order valence-corrected chi connectivity index (χ0v) is 37.6. The number of nitrogens with one attached hydrogen (secondary N) is 1. The van der Waals surface area contributed by atoms with E-state index < -0.39 is 89.7 Å². The van der Waals surface area contributed by atoms with Crippen LogP contribution >= 0.6 is 0 Å². The second kappa shape index (κ2) is 17.9. The molecule has 65 heavy (non-hydrogen) atoms. The Morgan fingerprint density at radius 3 is 2.34 bits per heavy atom. The van der Waals surface area contributed by atoms with Crippen LogP contribution < -0.4 is 5.32 Å². The van der Waals surface area contributed by atoms with Crippen molar-refractivity contribution in [2.24, 2.45) is 17.3 Å². The largest absolute Gasteiger partial charge is 0.508 e. The summed E-state index contributed by atoms with van der Waals surface area (Å²) in [4.78, 5) is 66.0. The molecule has 3 N–H and O–H groups in total. The van der Waals surface area contributed by atoms with E-state index >= 15 is 4.79 Å². The molecule has 14 nitrogen and oxygen atoms in total. The number of nitrogens with zero attached hydrogens (tertiary/aromatic N) is 2. The first-order valence-corrected chi connectivity index (χ1v) is 23.1. The minimum Gasteiger partial charge on any atom is -0.508 e. The molecular formula is C51H61N3O11. The van der Waals surface area contributed by atoms with Gasteiger partial charge in [-0.1, -0.05) is 84.9 Å². The Hall–Kier alpha value is -5.12. The second-order valence-electron chi connectivity index (χ2n) is 19.8. The van der Waals surface area contributed by atoms with Crippen molar-refractivity contribution in [3.8, 4) is 5.75 Å². The number of benzene rings is 3. The highest BCUT2D eigenvalue weighted by Crippen LogP contribution is 2.64. The zero-order chi connectivity index (χ0) is 45.7. The minimum atomic E-state index is -1.53. The third kappa shape index (κ3) is 9.08. The highest BCUT2D eigenvalue weighted by atomic mass is 16.8. The molecule has 8 atom stereocenters. The Morgan fingerprint density at radius 2 is 1.65 bits per heavy atom. The average molecular weight is 892 g/mol. The Bertz CT molecular complexity index is 2280. The number of aliphatic hydroxyl groups excluding tert-OH is 1. The van der Waals surface area contributed by atoms with Gasteiger partial charge in [0, 0.05) is 38.1 Å². The number of allylic oxidation sites excluding steroid dienone is 1. The molecule has 3 aliphatic heterocycles. The van der Waals surface area contributed by atoms with Gasteiger partial charge in [-0.2, -0.15) is 5.06 Å². The maximum atomic E-state index is 15.8. The fourth-order valence-electron chi connectivity index (χ4n) is 10.5. The monoisotopic (exact) mass is 891 g/mol. The normalized spacial score (nSPS) is 27.7. The molecular weight excluding hydrogens is 831 g/mol. The van der Waals surface area contributed by atoms with Crippen molar-refractivity contribution in [1.82, 2.24) is 15.3 Å². The number of rotatable bonds is 17. The quantitative estimate of drug-likeness (QED) is 0.147. The molecule has 3 aliphatic carbocycles. The predicted molar refractivity (Wildman–Crippen MR) is 237 cm³/mol. The van der Waals surface area contributed by atoms with Gasteiger partial charge in [0.15, 0.2) is 11.8 Å². The van der Waals surface area contributed by atoms with Crippen molar-refractivity contribution in [3.05, 3.63) is 107 Å². The summed E-state index contributed by atoms with van der Waals surface area (Å²) >= 11 is 0. The Morgan fingerprint density at radius 1 is 0.954 bits per heavy atom. The zero-order valence-electron chi connectivity index (χ0n) is 37.6. The fourth-order valence-corrected chi connectivity index (χ4v) is 10.5. The van der Waals surface area contributed by atoms with Gasteiger partial charge in [0.05, 0.1) is 19.2 Å². The number of phenols is 1. The van der Waals surface area contributed by atoms with Crippen LogP contribution in [0.5, 0.6) is 5.75 Å². The predicted octanol–water partition coefficient (Wildman–Crippen LogP) is 5.42. The maximum absolute atomic E-state index is 15.8. The molecule has 3 heterocycles. The summed E-state index contributed by atoms with van der Waals surface area (Å²) in [7, 11) is 1.58. The number of aromatic hydroxyl groups is 1. The molecule has 3 saturated heterocycles. The van der Waals surface area contributed by atoms with Crippen LogP contribution in [-0.2, 0) is 62.3 Å². The van der Waals surface area contributed by atoms with Gasteiger partial charge in [-0.25, -0.2) is 0 Å². The topological polar surface area (TPSA) is 173 Å². The highest BCUT2D eigenvalue weighted by molar-refractivity contribution is 5.96. The number of aliphatic hydroxyl groups is 1. The molecule has 2 amide bonds. The molecule has 3 aromatic rings. The lowest BCUT2D eigenvalue weighted by Gasteiger charge is -2.50. The van der Waals surface area contributed by atoms with Crippen LogP contribution in [0.15, 0.2) is 84.9 Å². The maximum Gasteiger partial charge on any atom is 0.327 e. The van der Waals surface area contributed by atoms with Gasteiger partial charge in [-0.15, -0.1) is 0 Å². The van der Waals surface area contributed by atoms with Crippen LogP contribution in [0.1, 0.15) is 88.0 Å². The summed E-state index contributed by atoms with van der Waals surface area (Å²) in [6, 6.07) is 21.3. The number of hydrogen-bond donors (Lipinski definition) is 3. The molecule has 0 unspecified atom stereocenters. The number of phenolic OH excluding ortho intramolecular Hbond substituents is 1. The molecule has 6 fully saturated rings. The summed E-state index contributed by atoms with van der Waals surface area (Å²) in [5, 5.41) is 25.1. The molecule has 3 saturated carbocycles. The molecule has 6 aliphatic rings. The number of carbonyl (C=O) groups is 4. The number of esters is 2. The van der Waals surface area contributed by atoms with Crippen molar-refractivity contribution < 1.29 is 53.2 Å². The van der Waals surface area contributed by atoms with E-state index in [9.17, 15) is 24.6 Å². The van der Waals surface area contributed by atoms with Crippen LogP contribution in [0.4, 0.5) is 0 Å². The van der Waals surface area contributed by atoms with Gasteiger partial charge in [-0.3, -0.25) is 24.0 Å². The van der Waals surface area contributed by atoms with Crippen molar-refractivity contribution >= 4 is 29.8 Å². The number of amides is 2. The summed E-state index contributed by atoms with van der Waals surface area (Å²) in [6.45, 7) is 5.02. The van der Waals surface area contributed by atoms with Gasteiger partial charge in [0.2, 0.25) is 11.8 Å². The van der Waals surface area contributed by atoms with E-state index in [0.717, 1.165) is 47.9 Å². The third-order valence-corrected chi connectivity index (χ3v) is 13.9. The smallest absolute Gasteiger partial charge is 0.327 e. The first kappa shape index (κ1) is 45.1. The molecule has 2 bridgehead atoms. The average Bonchev–Trinajstić information content (AvgIpc) is 4.23. The Balaban J connectivity index is 1.03. The molecule has 9 rings (SSSR count). The molecule has 0 spiro atoms. The Labute approximate surface area is 380 Å². The Kier molecular flexibility index (Phi) is 12.4. The number of hydroxylamine groups is 2. The summed E-state index contributed by atoms with van der Waals surface area (Å²) < 4.78 is 25.8. The van der Waals surface area contributed by atoms with E-state index in [-0.39, 0.29) is 49.8 Å². The third-order valence-electron chi connectivity index (χ3n) is 13.9. The second-order valence-corrected chi connectivity index (χ2v) is 19.8. The lowest BCUT2D eigenvalue weighted by molar-refractivity contribution is -0.235. The molecule has 3 aromatic carbocycles. The van der Waals surface area contributed by atoms with Crippen LogP contribution in [-0.4, -0.2) is 112 Å². The number of carbonyl (C=O) groups excluding carboxylic acids is 4. The van der Waals surface area contributed by atoms with Crippen molar-refractivity contribution in [2.45, 2.75) is 139 Å². The van der Waals surface area contributed by atoms with Gasteiger partial charge in [0.1, 0.15) is 47.2 Å². The van der Waals surface area contributed by atoms with Crippen LogP contribution in [0, 0.1) is 17.3 Å². The standard InChI is InChI=1S/C51H61N3O11/c1-49(2,3)62-41(57)25-24-37(30-55)52-46(58)38(27-32-12-6-5-7-13-32)53(4)48(60)50-28-40-42-43(64-51(63-42,35-20-21-35)36-22-23-36)45(50)65-54(44(50)47(59)61-40)29-33-16-10-14-31(26-33)15-11-18-34-17-8-9-19-39(34)56/h5-17,19,26,35-38,40,42-45,55-56H,18,20-25,27-30H2,1-4H3,(H,52,58)/t37-,38+,40+,42-,43-,44-,45+,50-/m0/s1. The van der Waals surface area contributed by atoms with E-state index in [2.05, 4.69) is 5.32 Å². The number of para-hydroxylation sites is 1. The molecule has 0 radical (unpaired) electrons. The van der Waals surface area contributed by atoms with E-state index in [1.54, 1.807) is 45.0 Å². The summed E-state index contributed by atoms with van der Waals surface area (Å²) in [5.41, 5.74) is 1.11. The fraction of sp³-hybridized carbons (Fsp3) is 0.529. The van der Waals surface area contributed by atoms with Crippen LogP contribution in [0.3, 0.4) is 0 Å². The van der Waals surface area contributed by atoms with Gasteiger partial charge in [-0.05, 0) is 87.6 Å². The lowest BCUT2D eigenvalue weighted by atomic mass is 9.62. The number of fused-ring (bicyclic) bond motifs is 4. The van der Waals surface area contributed by atoms with Crippen molar-refractivity contribution in [1.29, 1.82) is 0 Å². The van der Waals surface area contributed by atoms with Crippen LogP contribution in [0.2, 0.25) is 0 Å². The summed E-state index contributed by atoms with van der Waals surface area (Å²) in [5.74, 6) is -2.24. The molecule has 346 valence electrons. The molecule has 14 heteroatoms. The van der Waals surface area contributed by atoms with E-state index in [0.29, 0.717) is 6.42 Å². The van der Waals surface area contributed by atoms with E-state index in [1.807, 2.05) is 78.9 Å². The number of hydrogen-bond acceptors (Lipinski definition) is 12. The van der Waals surface area contributed by atoms with E-state index in [4.69, 9.17) is 23.8 Å². The highest BCUT2D eigenvalue weighted by Gasteiger charge is 2.78. The van der Waals surface area contributed by atoms with Crippen LogP contribution in [0.25, 0.3) is 6.08 Å². The van der Waals surface area contributed by atoms with Crippen molar-refractivity contribution in [2.75, 3.05) is 13.7 Å². The lowest BCUT2D eigenvalue weighted by Crippen LogP contribution is -2.70. The van der Waals surface area contributed by atoms with Gasteiger partial charge < -0.3 is 39.4 Å². The van der Waals surface area contributed by atoms with Crippen molar-refractivity contribution in [3.63, 3.8) is 0 Å². The SMILES string of the molecule is CN(C(=O)[C@@]12C[C@H]3OC(=O)[C@@H]1N(Cc1cccc(C=CCc4ccccc4O)c1)O[C@@H]2[C@H]1OC(C2CC2)(C2CC2)O[C@H]13)[C@H](Cc1ccccc1)C(=O)N[C@H](CO)CCC(=O)OC(C)(C)C. The number of likely N-dealkylation sites (N-methyl/N-ethyl adjacent to an activating group) is 1. The van der Waals surface area contributed by atoms with E-state index in [1.165, 1.54) is 4.90 Å². The first-order valence-electron chi connectivity index (χ1n) is 23.1. The number of ether oxygens (including phenoxy) is 4. The minimum absolute atomic E-state index is 0.0324. The summed E-state index contributed by atoms with van der Waals surface area (Å²) in [6.07, 6.45) is 5.56. The van der Waals surface area contributed by atoms with Gasteiger partial charge >= 0.3 is 11.9 Å². The molecule has 0 aromatic heterocycles.